The molecule has 1 heterocycles. The molecule has 16 heavy (non-hydrogen) atoms. The van der Waals surface area contributed by atoms with E-state index < -0.39 is 23.5 Å². The van der Waals surface area contributed by atoms with Gasteiger partial charge in [0.15, 0.2) is 11.4 Å². The molecular weight excluding hydrogens is 225 g/mol. The third kappa shape index (κ3) is 2.00. The lowest BCUT2D eigenvalue weighted by Gasteiger charge is -2.09. The monoisotopic (exact) mass is 234 g/mol. The van der Waals surface area contributed by atoms with Gasteiger partial charge in [0, 0.05) is 6.54 Å². The molecular formula is C8H9F3N4O. The molecule has 0 atom stereocenters. The van der Waals surface area contributed by atoms with Crippen molar-refractivity contribution < 1.29 is 18.0 Å². The molecule has 1 aromatic rings. The van der Waals surface area contributed by atoms with E-state index >= 15 is 0 Å². The predicted octanol–water partition coefficient (Wildman–Crippen LogP) is 0.806. The Balaban J connectivity index is 2.40. The Bertz CT molecular complexity index is 421. The highest BCUT2D eigenvalue weighted by molar-refractivity contribution is 5.91. The second kappa shape index (κ2) is 3.46. The van der Waals surface area contributed by atoms with E-state index in [1.54, 1.807) is 0 Å². The second-order valence-electron chi connectivity index (χ2n) is 3.77. The van der Waals surface area contributed by atoms with Crippen molar-refractivity contribution >= 4 is 5.91 Å². The van der Waals surface area contributed by atoms with E-state index in [-0.39, 0.29) is 12.5 Å². The summed E-state index contributed by atoms with van der Waals surface area (Å²) < 4.78 is 38.7. The van der Waals surface area contributed by atoms with Crippen molar-refractivity contribution in [1.29, 1.82) is 0 Å². The standard InChI is InChI=1S/C8H9F3N4O/c9-8(10,11)6-5(7(12)16)13-14-15(6)3-4-1-2-4/h4H,1-3H2,(H2,12,16). The Kier molecular flexibility index (Phi) is 2.36. The van der Waals surface area contributed by atoms with Crippen LogP contribution in [-0.4, -0.2) is 20.9 Å². The van der Waals surface area contributed by atoms with Crippen molar-refractivity contribution in [1.82, 2.24) is 15.0 Å². The average Bonchev–Trinajstić information content (AvgIpc) is 2.79. The van der Waals surface area contributed by atoms with Gasteiger partial charge in [-0.3, -0.25) is 4.79 Å². The first kappa shape index (κ1) is 10.9. The van der Waals surface area contributed by atoms with E-state index in [0.29, 0.717) is 0 Å². The highest BCUT2D eigenvalue weighted by Crippen LogP contribution is 2.35. The number of carbonyl (C=O) groups is 1. The highest BCUT2D eigenvalue weighted by Gasteiger charge is 2.41. The lowest BCUT2D eigenvalue weighted by atomic mass is 10.3. The van der Waals surface area contributed by atoms with Gasteiger partial charge in [0.25, 0.3) is 5.91 Å². The van der Waals surface area contributed by atoms with Crippen LogP contribution < -0.4 is 5.73 Å². The molecule has 5 nitrogen and oxygen atoms in total. The summed E-state index contributed by atoms with van der Waals surface area (Å²) in [6, 6.07) is 0. The van der Waals surface area contributed by atoms with Crippen molar-refractivity contribution in [3.63, 3.8) is 0 Å². The molecule has 1 fully saturated rings. The summed E-state index contributed by atoms with van der Waals surface area (Å²) in [5.41, 5.74) is 2.86. The van der Waals surface area contributed by atoms with Crippen LogP contribution in [-0.2, 0) is 12.7 Å². The van der Waals surface area contributed by atoms with Gasteiger partial charge in [0.1, 0.15) is 0 Å². The SMILES string of the molecule is NC(=O)c1nnn(CC2CC2)c1C(F)(F)F. The number of alkyl halides is 3. The van der Waals surface area contributed by atoms with Gasteiger partial charge in [0.05, 0.1) is 0 Å². The topological polar surface area (TPSA) is 73.8 Å². The van der Waals surface area contributed by atoms with Crippen molar-refractivity contribution in [2.75, 3.05) is 0 Å². The van der Waals surface area contributed by atoms with Crippen LogP contribution in [0.1, 0.15) is 29.0 Å². The summed E-state index contributed by atoms with van der Waals surface area (Å²) in [7, 11) is 0. The van der Waals surface area contributed by atoms with Gasteiger partial charge < -0.3 is 5.73 Å². The Labute approximate surface area is 88.4 Å². The van der Waals surface area contributed by atoms with Crippen LogP contribution >= 0.6 is 0 Å². The number of nitrogens with zero attached hydrogens (tertiary/aromatic N) is 3. The largest absolute Gasteiger partial charge is 0.435 e. The Hall–Kier alpha value is -1.60. The minimum atomic E-state index is -4.66. The predicted molar refractivity (Wildman–Crippen MR) is 46.3 cm³/mol. The van der Waals surface area contributed by atoms with Gasteiger partial charge in [0.2, 0.25) is 0 Å². The first-order valence-electron chi connectivity index (χ1n) is 4.70. The molecule has 1 aliphatic carbocycles. The Morgan fingerprint density at radius 2 is 2.12 bits per heavy atom. The summed E-state index contributed by atoms with van der Waals surface area (Å²) in [5.74, 6) is -1.02. The zero-order valence-corrected chi connectivity index (χ0v) is 8.16. The lowest BCUT2D eigenvalue weighted by Crippen LogP contribution is -2.22. The molecule has 0 bridgehead atoms. The quantitative estimate of drug-likeness (QED) is 0.840. The first-order chi connectivity index (χ1) is 7.39. The van der Waals surface area contributed by atoms with Gasteiger partial charge in [-0.1, -0.05) is 5.21 Å². The van der Waals surface area contributed by atoms with Crippen LogP contribution in [0.15, 0.2) is 0 Å². The molecule has 1 saturated carbocycles. The Morgan fingerprint density at radius 3 is 2.56 bits per heavy atom. The number of amides is 1. The van der Waals surface area contributed by atoms with Gasteiger partial charge >= 0.3 is 6.18 Å². The average molecular weight is 234 g/mol. The van der Waals surface area contributed by atoms with Crippen LogP contribution in [0.4, 0.5) is 13.2 Å². The fourth-order valence-corrected chi connectivity index (χ4v) is 1.43. The second-order valence-corrected chi connectivity index (χ2v) is 3.77. The normalized spacial score (nSPS) is 16.4. The molecule has 0 saturated heterocycles. The third-order valence-corrected chi connectivity index (χ3v) is 2.37. The molecule has 2 N–H and O–H groups in total. The van der Waals surface area contributed by atoms with Gasteiger partial charge in [-0.15, -0.1) is 5.10 Å². The number of primary amides is 1. The summed E-state index contributed by atoms with van der Waals surface area (Å²) in [5, 5.41) is 6.51. The summed E-state index contributed by atoms with van der Waals surface area (Å²) in [6.07, 6.45) is -2.91. The summed E-state index contributed by atoms with van der Waals surface area (Å²) in [4.78, 5) is 10.8. The van der Waals surface area contributed by atoms with E-state index in [4.69, 9.17) is 5.73 Å². The maximum atomic E-state index is 12.7. The molecule has 88 valence electrons. The molecule has 0 spiro atoms. The van der Waals surface area contributed by atoms with Crippen molar-refractivity contribution in [3.8, 4) is 0 Å². The minimum absolute atomic E-state index is 0.134. The minimum Gasteiger partial charge on any atom is -0.364 e. The number of halogens is 3. The fraction of sp³-hybridized carbons (Fsp3) is 0.625. The van der Waals surface area contributed by atoms with Crippen molar-refractivity contribution in [3.05, 3.63) is 11.4 Å². The number of hydrogen-bond acceptors (Lipinski definition) is 3. The Morgan fingerprint density at radius 1 is 1.50 bits per heavy atom. The fourth-order valence-electron chi connectivity index (χ4n) is 1.43. The number of nitrogens with two attached hydrogens (primary N) is 1. The molecule has 2 rings (SSSR count). The number of aromatic nitrogens is 3. The summed E-state index contributed by atoms with van der Waals surface area (Å²) in [6.45, 7) is 0.134. The maximum Gasteiger partial charge on any atom is 0.435 e. The smallest absolute Gasteiger partial charge is 0.364 e. The van der Waals surface area contributed by atoms with Crippen molar-refractivity contribution in [2.45, 2.75) is 25.6 Å². The van der Waals surface area contributed by atoms with E-state index in [1.165, 1.54) is 0 Å². The van der Waals surface area contributed by atoms with Crippen LogP contribution in [0.3, 0.4) is 0 Å². The van der Waals surface area contributed by atoms with Crippen LogP contribution in [0, 0.1) is 5.92 Å². The molecule has 8 heteroatoms. The molecule has 1 amide bonds. The molecule has 0 radical (unpaired) electrons. The van der Waals surface area contributed by atoms with Crippen molar-refractivity contribution in [2.24, 2.45) is 11.7 Å². The van der Waals surface area contributed by atoms with Gasteiger partial charge in [-0.2, -0.15) is 13.2 Å². The lowest BCUT2D eigenvalue weighted by molar-refractivity contribution is -0.144. The van der Waals surface area contributed by atoms with E-state index in [9.17, 15) is 18.0 Å². The maximum absolute atomic E-state index is 12.7. The number of rotatable bonds is 3. The first-order valence-corrected chi connectivity index (χ1v) is 4.70. The van der Waals surface area contributed by atoms with Crippen LogP contribution in [0.25, 0.3) is 0 Å². The molecule has 0 unspecified atom stereocenters. The van der Waals surface area contributed by atoms with E-state index in [1.807, 2.05) is 0 Å². The van der Waals surface area contributed by atoms with E-state index in [0.717, 1.165) is 17.5 Å². The molecule has 1 aromatic heterocycles. The van der Waals surface area contributed by atoms with Gasteiger partial charge in [-0.25, -0.2) is 4.68 Å². The number of hydrogen-bond donors (Lipinski definition) is 1. The number of carbonyl (C=O) groups excluding carboxylic acids is 1. The van der Waals surface area contributed by atoms with Crippen LogP contribution in [0.5, 0.6) is 0 Å². The zero-order chi connectivity index (χ0) is 11.9. The molecule has 0 aliphatic heterocycles. The molecule has 0 aromatic carbocycles. The van der Waals surface area contributed by atoms with E-state index in [2.05, 4.69) is 10.3 Å². The summed E-state index contributed by atoms with van der Waals surface area (Å²) >= 11 is 0. The third-order valence-electron chi connectivity index (χ3n) is 2.37. The van der Waals surface area contributed by atoms with Crippen LogP contribution in [0.2, 0.25) is 0 Å². The zero-order valence-electron chi connectivity index (χ0n) is 8.16. The highest BCUT2D eigenvalue weighted by atomic mass is 19.4. The molecule has 1 aliphatic rings. The van der Waals surface area contributed by atoms with Gasteiger partial charge in [-0.05, 0) is 18.8 Å².